The zero-order chi connectivity index (χ0) is 8.55. The van der Waals surface area contributed by atoms with Gasteiger partial charge in [0.1, 0.15) is 0 Å². The Morgan fingerprint density at radius 1 is 1.25 bits per heavy atom. The van der Waals surface area contributed by atoms with Crippen LogP contribution in [0.3, 0.4) is 0 Å². The van der Waals surface area contributed by atoms with Gasteiger partial charge < -0.3 is 4.57 Å². The number of para-hydroxylation sites is 1. The number of benzene rings is 1. The first-order chi connectivity index (χ1) is 5.83. The van der Waals surface area contributed by atoms with E-state index in [1.807, 2.05) is 6.92 Å². The van der Waals surface area contributed by atoms with Crippen molar-refractivity contribution in [1.29, 1.82) is 0 Å². The summed E-state index contributed by atoms with van der Waals surface area (Å²) in [5, 5.41) is 1.34. The summed E-state index contributed by atoms with van der Waals surface area (Å²) >= 11 is 0. The summed E-state index contributed by atoms with van der Waals surface area (Å²) in [7, 11) is 0. The highest BCUT2D eigenvalue weighted by Gasteiger charge is 2.01. The second-order valence-electron chi connectivity index (χ2n) is 2.99. The van der Waals surface area contributed by atoms with E-state index < -0.39 is 0 Å². The highest BCUT2D eigenvalue weighted by molar-refractivity contribution is 5.83. The first-order valence-corrected chi connectivity index (χ1v) is 4.18. The zero-order valence-electron chi connectivity index (χ0n) is 7.41. The maximum absolute atomic E-state index is 2.16. The number of aromatic nitrogens is 1. The van der Waals surface area contributed by atoms with Gasteiger partial charge in [-0.25, -0.2) is 0 Å². The number of rotatable bonds is 1. The van der Waals surface area contributed by atoms with E-state index in [2.05, 4.69) is 48.5 Å². The van der Waals surface area contributed by atoms with E-state index in [-0.39, 0.29) is 0 Å². The molecular weight excluding hydrogens is 146 g/mol. The molecule has 1 heterocycles. The molecule has 2 aromatic rings. The van der Waals surface area contributed by atoms with Gasteiger partial charge in [0, 0.05) is 17.1 Å². The molecule has 1 aromatic carbocycles. The van der Waals surface area contributed by atoms with Crippen LogP contribution in [0.4, 0.5) is 0 Å². The average molecular weight is 158 g/mol. The van der Waals surface area contributed by atoms with Crippen molar-refractivity contribution in [3.63, 3.8) is 0 Å². The van der Waals surface area contributed by atoms with Crippen molar-refractivity contribution in [3.8, 4) is 0 Å². The van der Waals surface area contributed by atoms with Gasteiger partial charge >= 0.3 is 0 Å². The molecule has 2 rings (SSSR count). The van der Waals surface area contributed by atoms with Crippen molar-refractivity contribution >= 4 is 10.9 Å². The van der Waals surface area contributed by atoms with Gasteiger partial charge in [-0.1, -0.05) is 18.2 Å². The second kappa shape index (κ2) is 2.67. The summed E-state index contributed by atoms with van der Waals surface area (Å²) in [5.74, 6) is 0. The van der Waals surface area contributed by atoms with Gasteiger partial charge in [-0.3, -0.25) is 0 Å². The lowest BCUT2D eigenvalue weighted by Crippen LogP contribution is -1.86. The Hall–Kier alpha value is -1.24. The minimum absolute atomic E-state index is 1.29. The molecule has 0 saturated heterocycles. The summed E-state index contributed by atoms with van der Waals surface area (Å²) in [6.07, 6.45) is 2.16. The number of hydrogen-bond acceptors (Lipinski definition) is 0. The van der Waals surface area contributed by atoms with Crippen molar-refractivity contribution in [2.24, 2.45) is 0 Å². The maximum atomic E-state index is 2.16. The van der Waals surface area contributed by atoms with E-state index in [0.717, 1.165) is 0 Å². The molecule has 1 aromatic heterocycles. The number of aryl methyl sites for hydroxylation is 1. The van der Waals surface area contributed by atoms with Gasteiger partial charge in [-0.05, 0) is 25.5 Å². The number of hydrogen-bond donors (Lipinski definition) is 0. The molecule has 0 atom stereocenters. The van der Waals surface area contributed by atoms with Crippen molar-refractivity contribution in [2.45, 2.75) is 13.8 Å². The third-order valence-corrected chi connectivity index (χ3v) is 2.22. The molecule has 61 valence electrons. The van der Waals surface area contributed by atoms with E-state index in [1.165, 1.54) is 16.5 Å². The molecule has 0 spiro atoms. The van der Waals surface area contributed by atoms with Crippen LogP contribution in [0.25, 0.3) is 10.9 Å². The Balaban J connectivity index is 2.82. The van der Waals surface area contributed by atoms with Gasteiger partial charge in [-0.15, -0.1) is 0 Å². The lowest BCUT2D eigenvalue weighted by atomic mass is 10.2. The molecule has 1 heteroatoms. The fourth-order valence-corrected chi connectivity index (χ4v) is 1.59. The van der Waals surface area contributed by atoms with Crippen LogP contribution in [0.5, 0.6) is 0 Å². The molecule has 12 heavy (non-hydrogen) atoms. The third kappa shape index (κ3) is 0.934. The van der Waals surface area contributed by atoms with Crippen molar-refractivity contribution < 1.29 is 0 Å². The van der Waals surface area contributed by atoms with Gasteiger partial charge in [-0.2, -0.15) is 0 Å². The lowest BCUT2D eigenvalue weighted by Gasteiger charge is -1.97. The largest absolute Gasteiger partial charge is 0.342 e. The summed E-state index contributed by atoms with van der Waals surface area (Å²) < 4.78 is 2.16. The first-order valence-electron chi connectivity index (χ1n) is 4.18. The summed E-state index contributed by atoms with van der Waals surface area (Å²) in [5.41, 5.74) is 2.63. The minimum atomic E-state index is 1.29. The van der Waals surface area contributed by atoms with Crippen LogP contribution in [0, 0.1) is 13.5 Å². The molecular formula is C11H12N. The van der Waals surface area contributed by atoms with E-state index in [0.29, 0.717) is 0 Å². The predicted molar refractivity (Wildman–Crippen MR) is 52.0 cm³/mol. The molecule has 0 unspecified atom stereocenters. The van der Waals surface area contributed by atoms with Crippen LogP contribution >= 0.6 is 0 Å². The Morgan fingerprint density at radius 3 is 2.75 bits per heavy atom. The fraction of sp³-hybridized carbons (Fsp3) is 0.182. The van der Waals surface area contributed by atoms with Crippen LogP contribution < -0.4 is 0 Å². The third-order valence-electron chi connectivity index (χ3n) is 2.22. The Morgan fingerprint density at radius 2 is 2.00 bits per heavy atom. The van der Waals surface area contributed by atoms with E-state index >= 15 is 0 Å². The molecule has 1 nitrogen and oxygen atoms in total. The highest BCUT2D eigenvalue weighted by Crippen LogP contribution is 2.20. The highest BCUT2D eigenvalue weighted by atomic mass is 14.9. The van der Waals surface area contributed by atoms with Gasteiger partial charge in [0.2, 0.25) is 0 Å². The zero-order valence-corrected chi connectivity index (χ0v) is 7.41. The quantitative estimate of drug-likeness (QED) is 0.601. The van der Waals surface area contributed by atoms with E-state index in [4.69, 9.17) is 0 Å². The smallest absolute Gasteiger partial charge is 0.0513 e. The lowest BCUT2D eigenvalue weighted by molar-refractivity contribution is 1.01. The molecule has 0 aliphatic rings. The molecule has 0 N–H and O–H groups in total. The van der Waals surface area contributed by atoms with E-state index in [9.17, 15) is 0 Å². The maximum Gasteiger partial charge on any atom is 0.0513 e. The molecule has 0 amide bonds. The van der Waals surface area contributed by atoms with Gasteiger partial charge in [0.15, 0.2) is 0 Å². The second-order valence-corrected chi connectivity index (χ2v) is 2.99. The molecule has 0 saturated carbocycles. The summed E-state index contributed by atoms with van der Waals surface area (Å²) in [4.78, 5) is 0. The SMILES string of the molecule is C[CH]n1cc(C)c2ccccc21. The van der Waals surface area contributed by atoms with Crippen LogP contribution in [0.15, 0.2) is 30.5 Å². The Bertz CT molecular complexity index is 398. The summed E-state index contributed by atoms with van der Waals surface area (Å²) in [6, 6.07) is 8.45. The van der Waals surface area contributed by atoms with Gasteiger partial charge in [0.05, 0.1) is 6.54 Å². The normalized spacial score (nSPS) is 10.8. The average Bonchev–Trinajstić information content (AvgIpc) is 2.44. The van der Waals surface area contributed by atoms with Crippen LogP contribution in [-0.2, 0) is 0 Å². The summed E-state index contributed by atoms with van der Waals surface area (Å²) in [6.45, 7) is 6.27. The Kier molecular flexibility index (Phi) is 1.65. The molecule has 0 fully saturated rings. The van der Waals surface area contributed by atoms with Crippen LogP contribution in [0.1, 0.15) is 12.5 Å². The number of nitrogens with zero attached hydrogens (tertiary/aromatic N) is 1. The molecule has 0 aliphatic heterocycles. The van der Waals surface area contributed by atoms with Gasteiger partial charge in [0.25, 0.3) is 0 Å². The topological polar surface area (TPSA) is 4.93 Å². The monoisotopic (exact) mass is 158 g/mol. The predicted octanol–water partition coefficient (Wildman–Crippen LogP) is 2.98. The molecule has 0 aliphatic carbocycles. The van der Waals surface area contributed by atoms with Crippen molar-refractivity contribution in [3.05, 3.63) is 42.6 Å². The number of fused-ring (bicyclic) bond motifs is 1. The van der Waals surface area contributed by atoms with Crippen molar-refractivity contribution in [1.82, 2.24) is 4.57 Å². The first kappa shape index (κ1) is 7.41. The van der Waals surface area contributed by atoms with Crippen LogP contribution in [-0.4, -0.2) is 4.57 Å². The Labute approximate surface area is 72.6 Å². The standard InChI is InChI=1S/C11H12N/c1-3-12-8-9(2)10-6-4-5-7-11(10)12/h3-8H,1-2H3. The van der Waals surface area contributed by atoms with Crippen LogP contribution in [0.2, 0.25) is 0 Å². The fourth-order valence-electron chi connectivity index (χ4n) is 1.59. The molecule has 1 radical (unpaired) electrons. The van der Waals surface area contributed by atoms with E-state index in [1.54, 1.807) is 0 Å². The van der Waals surface area contributed by atoms with Crippen molar-refractivity contribution in [2.75, 3.05) is 0 Å². The minimum Gasteiger partial charge on any atom is -0.342 e. The molecule has 0 bridgehead atoms.